The third-order valence-corrected chi connectivity index (χ3v) is 5.30. The molecule has 1 aliphatic heterocycles. The summed E-state index contributed by atoms with van der Waals surface area (Å²) in [6, 6.07) is 11.9. The molecule has 0 N–H and O–H groups in total. The summed E-state index contributed by atoms with van der Waals surface area (Å²) in [6.45, 7) is 3.25. The van der Waals surface area contributed by atoms with E-state index in [1.54, 1.807) is 11.0 Å². The summed E-state index contributed by atoms with van der Waals surface area (Å²) in [6.07, 6.45) is 7.03. The van der Waals surface area contributed by atoms with Gasteiger partial charge in [0.15, 0.2) is 0 Å². The number of rotatable bonds is 7. The number of esters is 1. The van der Waals surface area contributed by atoms with E-state index >= 15 is 0 Å². The fourth-order valence-electron chi connectivity index (χ4n) is 3.91. The number of ether oxygens (including phenoxy) is 1. The topological polar surface area (TPSA) is 59.8 Å². The molecular formula is C22H27NO4. The van der Waals surface area contributed by atoms with Gasteiger partial charge in [-0.25, -0.2) is 0 Å². The Kier molecular flexibility index (Phi) is 6.32. The number of likely N-dealkylation sites (tertiary alicyclic amines) is 1. The predicted octanol–water partition coefficient (Wildman–Crippen LogP) is 4.09. The number of piperidine rings is 1. The molecule has 1 aliphatic rings. The van der Waals surface area contributed by atoms with E-state index in [0.29, 0.717) is 25.3 Å². The van der Waals surface area contributed by atoms with Crippen molar-refractivity contribution in [1.29, 1.82) is 0 Å². The van der Waals surface area contributed by atoms with E-state index in [-0.39, 0.29) is 11.9 Å². The quantitative estimate of drug-likeness (QED) is 0.690. The number of hydrogen-bond donors (Lipinski definition) is 0. The van der Waals surface area contributed by atoms with Crippen molar-refractivity contribution in [2.45, 2.75) is 39.0 Å². The van der Waals surface area contributed by atoms with Crippen LogP contribution in [0.2, 0.25) is 0 Å². The SMILES string of the molecule is CCOC(=O)C1(CCCc2ccccc2)CCCN(C(=O)c2ccoc2)C1. The number of carbonyl (C=O) groups is 2. The van der Waals surface area contributed by atoms with Gasteiger partial charge in [-0.1, -0.05) is 30.3 Å². The van der Waals surface area contributed by atoms with Crippen molar-refractivity contribution in [3.63, 3.8) is 0 Å². The van der Waals surface area contributed by atoms with Crippen molar-refractivity contribution >= 4 is 11.9 Å². The number of amides is 1. The van der Waals surface area contributed by atoms with Gasteiger partial charge in [-0.05, 0) is 50.7 Å². The summed E-state index contributed by atoms with van der Waals surface area (Å²) in [4.78, 5) is 27.3. The lowest BCUT2D eigenvalue weighted by atomic mass is 9.75. The first-order chi connectivity index (χ1) is 13.1. The Morgan fingerprint density at radius 1 is 1.22 bits per heavy atom. The fraction of sp³-hybridized carbons (Fsp3) is 0.455. The van der Waals surface area contributed by atoms with E-state index in [1.807, 2.05) is 25.1 Å². The standard InChI is InChI=1S/C22H27NO4/c1-2-27-21(25)22(12-6-10-18-8-4-3-5-9-18)13-7-14-23(17-22)20(24)19-11-15-26-16-19/h3-5,8-9,11,15-16H,2,6-7,10,12-14,17H2,1H3. The van der Waals surface area contributed by atoms with Crippen LogP contribution in [-0.4, -0.2) is 36.5 Å². The highest BCUT2D eigenvalue weighted by molar-refractivity contribution is 5.94. The maximum absolute atomic E-state index is 12.8. The molecule has 1 unspecified atom stereocenters. The Hall–Kier alpha value is -2.56. The van der Waals surface area contributed by atoms with Crippen molar-refractivity contribution in [3.05, 3.63) is 60.1 Å². The normalized spacial score (nSPS) is 19.7. The van der Waals surface area contributed by atoms with Crippen LogP contribution in [0.1, 0.15) is 48.5 Å². The summed E-state index contributed by atoms with van der Waals surface area (Å²) in [7, 11) is 0. The summed E-state index contributed by atoms with van der Waals surface area (Å²) >= 11 is 0. The molecule has 1 atom stereocenters. The molecule has 1 saturated heterocycles. The Labute approximate surface area is 160 Å². The third kappa shape index (κ3) is 4.59. The molecule has 27 heavy (non-hydrogen) atoms. The lowest BCUT2D eigenvalue weighted by Gasteiger charge is -2.41. The largest absolute Gasteiger partial charge is 0.472 e. The molecule has 144 valence electrons. The van der Waals surface area contributed by atoms with Gasteiger partial charge in [0.05, 0.1) is 23.8 Å². The number of nitrogens with zero attached hydrogens (tertiary/aromatic N) is 1. The van der Waals surface area contributed by atoms with E-state index in [9.17, 15) is 9.59 Å². The zero-order valence-corrected chi connectivity index (χ0v) is 15.9. The molecule has 2 aromatic rings. The smallest absolute Gasteiger partial charge is 0.313 e. The number of furan rings is 1. The van der Waals surface area contributed by atoms with Crippen LogP contribution in [0.15, 0.2) is 53.3 Å². The maximum Gasteiger partial charge on any atom is 0.313 e. The number of benzene rings is 1. The lowest BCUT2D eigenvalue weighted by molar-refractivity contribution is -0.159. The van der Waals surface area contributed by atoms with E-state index < -0.39 is 5.41 Å². The Balaban J connectivity index is 1.71. The van der Waals surface area contributed by atoms with Gasteiger partial charge < -0.3 is 14.1 Å². The van der Waals surface area contributed by atoms with Crippen LogP contribution in [0.25, 0.3) is 0 Å². The molecular weight excluding hydrogens is 342 g/mol. The molecule has 2 heterocycles. The first kappa shape index (κ1) is 19.2. The molecule has 1 amide bonds. The van der Waals surface area contributed by atoms with E-state index in [0.717, 1.165) is 32.1 Å². The Morgan fingerprint density at radius 3 is 2.74 bits per heavy atom. The molecule has 5 nitrogen and oxygen atoms in total. The van der Waals surface area contributed by atoms with Gasteiger partial charge in [0, 0.05) is 13.1 Å². The molecule has 3 rings (SSSR count). The predicted molar refractivity (Wildman–Crippen MR) is 102 cm³/mol. The molecule has 5 heteroatoms. The zero-order chi connectivity index (χ0) is 19.1. The van der Waals surface area contributed by atoms with Gasteiger partial charge in [0.25, 0.3) is 5.91 Å². The van der Waals surface area contributed by atoms with E-state index in [4.69, 9.17) is 9.15 Å². The molecule has 1 aromatic carbocycles. The van der Waals surface area contributed by atoms with E-state index in [1.165, 1.54) is 18.1 Å². The molecule has 0 radical (unpaired) electrons. The maximum atomic E-state index is 12.8. The average molecular weight is 369 g/mol. The highest BCUT2D eigenvalue weighted by atomic mass is 16.5. The number of carbonyl (C=O) groups excluding carboxylic acids is 2. The van der Waals surface area contributed by atoms with Gasteiger partial charge in [-0.2, -0.15) is 0 Å². The van der Waals surface area contributed by atoms with Gasteiger partial charge in [0.1, 0.15) is 6.26 Å². The number of hydrogen-bond acceptors (Lipinski definition) is 4. The molecule has 0 saturated carbocycles. The first-order valence-corrected chi connectivity index (χ1v) is 9.67. The second kappa shape index (κ2) is 8.89. The summed E-state index contributed by atoms with van der Waals surface area (Å²) < 4.78 is 10.5. The zero-order valence-electron chi connectivity index (χ0n) is 15.9. The summed E-state index contributed by atoms with van der Waals surface area (Å²) in [5, 5.41) is 0. The third-order valence-electron chi connectivity index (χ3n) is 5.30. The minimum atomic E-state index is -0.623. The van der Waals surface area contributed by atoms with Gasteiger partial charge in [-0.3, -0.25) is 9.59 Å². The fourth-order valence-corrected chi connectivity index (χ4v) is 3.91. The molecule has 1 fully saturated rings. The first-order valence-electron chi connectivity index (χ1n) is 9.67. The highest BCUT2D eigenvalue weighted by Crippen LogP contribution is 2.37. The van der Waals surface area contributed by atoms with Crippen molar-refractivity contribution in [3.8, 4) is 0 Å². The van der Waals surface area contributed by atoms with Crippen molar-refractivity contribution < 1.29 is 18.7 Å². The van der Waals surface area contributed by atoms with Crippen molar-refractivity contribution in [2.24, 2.45) is 5.41 Å². The van der Waals surface area contributed by atoms with Crippen LogP contribution in [0.5, 0.6) is 0 Å². The number of aryl methyl sites for hydroxylation is 1. The molecule has 1 aromatic heterocycles. The van der Waals surface area contributed by atoms with Crippen molar-refractivity contribution in [1.82, 2.24) is 4.90 Å². The second-order valence-corrected chi connectivity index (χ2v) is 7.18. The summed E-state index contributed by atoms with van der Waals surface area (Å²) in [5.74, 6) is -0.261. The van der Waals surface area contributed by atoms with Crippen LogP contribution in [0, 0.1) is 5.41 Å². The van der Waals surface area contributed by atoms with Crippen LogP contribution in [0.4, 0.5) is 0 Å². The monoisotopic (exact) mass is 369 g/mol. The average Bonchev–Trinajstić information content (AvgIpc) is 3.23. The molecule has 0 aliphatic carbocycles. The Morgan fingerprint density at radius 2 is 2.04 bits per heavy atom. The minimum Gasteiger partial charge on any atom is -0.472 e. The summed E-state index contributed by atoms with van der Waals surface area (Å²) in [5.41, 5.74) is 1.17. The van der Waals surface area contributed by atoms with Crippen molar-refractivity contribution in [2.75, 3.05) is 19.7 Å². The second-order valence-electron chi connectivity index (χ2n) is 7.18. The van der Waals surface area contributed by atoms with Gasteiger partial charge >= 0.3 is 5.97 Å². The van der Waals surface area contributed by atoms with Gasteiger partial charge in [0.2, 0.25) is 0 Å². The molecule has 0 spiro atoms. The van der Waals surface area contributed by atoms with Crippen LogP contribution < -0.4 is 0 Å². The minimum absolute atomic E-state index is 0.0832. The highest BCUT2D eigenvalue weighted by Gasteiger charge is 2.44. The van der Waals surface area contributed by atoms with E-state index in [2.05, 4.69) is 12.1 Å². The van der Waals surface area contributed by atoms with Gasteiger partial charge in [-0.15, -0.1) is 0 Å². The van der Waals surface area contributed by atoms with Crippen LogP contribution in [-0.2, 0) is 16.0 Å². The van der Waals surface area contributed by atoms with Crippen LogP contribution >= 0.6 is 0 Å². The lowest BCUT2D eigenvalue weighted by Crippen LogP contribution is -2.50. The Bertz CT molecular complexity index is 741. The molecule has 0 bridgehead atoms. The van der Waals surface area contributed by atoms with Crippen LogP contribution in [0.3, 0.4) is 0 Å².